The molecule has 0 fully saturated rings. The molecule has 0 bridgehead atoms. The molecule has 0 N–H and O–H groups in total. The fourth-order valence-electron chi connectivity index (χ4n) is 7.15. The molecule has 64 heavy (non-hydrogen) atoms. The van der Waals surface area contributed by atoms with E-state index in [2.05, 4.69) is 106 Å². The van der Waals surface area contributed by atoms with Gasteiger partial charge in [-0.1, -0.05) is 215 Å². The molecule has 0 amide bonds. The molecule has 1 unspecified atom stereocenters. The first kappa shape index (κ1) is 60.6. The van der Waals surface area contributed by atoms with Crippen molar-refractivity contribution in [3.05, 3.63) is 85.1 Å². The Labute approximate surface area is 395 Å². The Morgan fingerprint density at radius 2 is 0.609 bits per heavy atom. The predicted octanol–water partition coefficient (Wildman–Crippen LogP) is 17.6. The van der Waals surface area contributed by atoms with Crippen LogP contribution >= 0.6 is 0 Å². The Morgan fingerprint density at radius 1 is 0.328 bits per heavy atom. The first-order valence-corrected chi connectivity index (χ1v) is 26.6. The Bertz CT molecular complexity index is 1250. The topological polar surface area (TPSA) is 78.9 Å². The molecule has 0 aromatic carbocycles. The van der Waals surface area contributed by atoms with Crippen LogP contribution in [-0.4, -0.2) is 37.2 Å². The van der Waals surface area contributed by atoms with Crippen molar-refractivity contribution in [2.24, 2.45) is 0 Å². The van der Waals surface area contributed by atoms with Crippen LogP contribution in [0.5, 0.6) is 0 Å². The number of esters is 3. The number of carbonyl (C=O) groups is 3. The molecule has 0 saturated carbocycles. The Morgan fingerprint density at radius 3 is 0.969 bits per heavy atom. The summed E-state index contributed by atoms with van der Waals surface area (Å²) in [6, 6.07) is 0. The Kier molecular flexibility index (Phi) is 49.4. The normalized spacial score (nSPS) is 12.7. The van der Waals surface area contributed by atoms with Gasteiger partial charge in [0, 0.05) is 19.3 Å². The summed E-state index contributed by atoms with van der Waals surface area (Å²) in [5.41, 5.74) is 0. The molecular formula is C58H98O6. The Hall–Kier alpha value is -3.41. The van der Waals surface area contributed by atoms with E-state index in [9.17, 15) is 14.4 Å². The molecule has 0 saturated heterocycles. The number of hydrogen-bond donors (Lipinski definition) is 0. The van der Waals surface area contributed by atoms with Crippen LogP contribution in [0.2, 0.25) is 0 Å². The second-order valence-electron chi connectivity index (χ2n) is 17.4. The summed E-state index contributed by atoms with van der Waals surface area (Å²) in [6.07, 6.45) is 67.5. The van der Waals surface area contributed by atoms with Crippen molar-refractivity contribution in [1.82, 2.24) is 0 Å². The molecule has 0 aliphatic carbocycles. The molecule has 0 aliphatic heterocycles. The number of hydrogen-bond acceptors (Lipinski definition) is 6. The van der Waals surface area contributed by atoms with Crippen LogP contribution < -0.4 is 0 Å². The second-order valence-corrected chi connectivity index (χ2v) is 17.4. The van der Waals surface area contributed by atoms with Gasteiger partial charge in [-0.3, -0.25) is 14.4 Å². The first-order valence-electron chi connectivity index (χ1n) is 26.6. The van der Waals surface area contributed by atoms with Gasteiger partial charge in [-0.2, -0.15) is 0 Å². The van der Waals surface area contributed by atoms with E-state index in [-0.39, 0.29) is 31.1 Å². The van der Waals surface area contributed by atoms with Crippen molar-refractivity contribution >= 4 is 17.9 Å². The van der Waals surface area contributed by atoms with E-state index >= 15 is 0 Å². The first-order chi connectivity index (χ1) is 31.5. The third-order valence-electron chi connectivity index (χ3n) is 11.1. The zero-order chi connectivity index (χ0) is 46.5. The van der Waals surface area contributed by atoms with E-state index in [4.69, 9.17) is 14.2 Å². The van der Waals surface area contributed by atoms with Gasteiger partial charge in [0.15, 0.2) is 6.10 Å². The van der Waals surface area contributed by atoms with E-state index in [0.717, 1.165) is 128 Å². The summed E-state index contributed by atoms with van der Waals surface area (Å²) >= 11 is 0. The quantitative estimate of drug-likeness (QED) is 0.0262. The lowest BCUT2D eigenvalue weighted by atomic mass is 10.1. The fraction of sp³-hybridized carbons (Fsp3) is 0.707. The predicted molar refractivity (Wildman–Crippen MR) is 274 cm³/mol. The number of ether oxygens (including phenoxy) is 3. The van der Waals surface area contributed by atoms with Gasteiger partial charge >= 0.3 is 17.9 Å². The van der Waals surface area contributed by atoms with Gasteiger partial charge < -0.3 is 14.2 Å². The summed E-state index contributed by atoms with van der Waals surface area (Å²) < 4.78 is 16.7. The number of unbranched alkanes of at least 4 members (excludes halogenated alkanes) is 22. The third-order valence-corrected chi connectivity index (χ3v) is 11.1. The monoisotopic (exact) mass is 891 g/mol. The zero-order valence-corrected chi connectivity index (χ0v) is 41.8. The van der Waals surface area contributed by atoms with Crippen molar-refractivity contribution in [2.45, 2.75) is 252 Å². The molecule has 0 rings (SSSR count). The minimum Gasteiger partial charge on any atom is -0.462 e. The summed E-state index contributed by atoms with van der Waals surface area (Å²) in [7, 11) is 0. The molecular weight excluding hydrogens is 793 g/mol. The van der Waals surface area contributed by atoms with Crippen LogP contribution in [0, 0.1) is 0 Å². The van der Waals surface area contributed by atoms with Gasteiger partial charge in [-0.25, -0.2) is 0 Å². The lowest BCUT2D eigenvalue weighted by Gasteiger charge is -2.18. The van der Waals surface area contributed by atoms with Crippen molar-refractivity contribution in [3.8, 4) is 0 Å². The maximum Gasteiger partial charge on any atom is 0.306 e. The third kappa shape index (κ3) is 49.6. The average molecular weight is 891 g/mol. The summed E-state index contributed by atoms with van der Waals surface area (Å²) in [4.78, 5) is 37.7. The van der Waals surface area contributed by atoms with E-state index in [1.807, 2.05) is 0 Å². The molecule has 0 radical (unpaired) electrons. The zero-order valence-electron chi connectivity index (χ0n) is 41.8. The highest BCUT2D eigenvalue weighted by molar-refractivity contribution is 5.71. The highest BCUT2D eigenvalue weighted by Gasteiger charge is 2.19. The van der Waals surface area contributed by atoms with Crippen molar-refractivity contribution in [2.75, 3.05) is 13.2 Å². The maximum atomic E-state index is 12.7. The lowest BCUT2D eigenvalue weighted by Crippen LogP contribution is -2.30. The van der Waals surface area contributed by atoms with Crippen LogP contribution in [-0.2, 0) is 28.6 Å². The second kappa shape index (κ2) is 52.2. The molecule has 6 heteroatoms. The fourth-order valence-corrected chi connectivity index (χ4v) is 7.15. The standard InChI is InChI=1S/C58H98O6/c1-4-7-10-13-15-17-19-21-23-25-26-27-28-29-30-31-32-33-35-36-38-40-42-45-48-51-57(60)63-54-55(53-62-56(59)50-47-44-12-9-6-3)64-58(61)52-49-46-43-41-39-37-34-24-22-20-18-16-14-11-8-5-2/h7,10,15,17,21,23-24,26-27,29-30,32-34,55H,4-6,8-9,11-14,16,18-20,22,25,28,31,35-54H2,1-3H3/b10-7-,17-15-,23-21-,27-26-,30-29-,33-32-,34-24-. The minimum absolute atomic E-state index is 0.0855. The number of allylic oxidation sites excluding steroid dienone is 14. The smallest absolute Gasteiger partial charge is 0.306 e. The molecule has 0 aromatic rings. The van der Waals surface area contributed by atoms with Gasteiger partial charge in [0.1, 0.15) is 13.2 Å². The lowest BCUT2D eigenvalue weighted by molar-refractivity contribution is -0.167. The number of rotatable bonds is 47. The molecule has 0 aromatic heterocycles. The van der Waals surface area contributed by atoms with E-state index < -0.39 is 6.10 Å². The number of carbonyl (C=O) groups excluding carboxylic acids is 3. The average Bonchev–Trinajstić information content (AvgIpc) is 3.29. The van der Waals surface area contributed by atoms with Crippen LogP contribution in [0.15, 0.2) is 85.1 Å². The van der Waals surface area contributed by atoms with Gasteiger partial charge in [0.05, 0.1) is 0 Å². The van der Waals surface area contributed by atoms with Crippen LogP contribution in [0.25, 0.3) is 0 Å². The van der Waals surface area contributed by atoms with Crippen LogP contribution in [0.4, 0.5) is 0 Å². The SMILES string of the molecule is CC/C=C\C/C=C\C/C=C\C/C=C\C/C=C\C/C=C\CCCCCCCCC(=O)OCC(COC(=O)CCCCCCC)OC(=O)CCCCCCC/C=C\CCCCCCCCC. The molecule has 366 valence electrons. The van der Waals surface area contributed by atoms with E-state index in [1.165, 1.54) is 77.0 Å². The minimum atomic E-state index is -0.783. The molecule has 1 atom stereocenters. The highest BCUT2D eigenvalue weighted by atomic mass is 16.6. The van der Waals surface area contributed by atoms with Crippen molar-refractivity contribution in [1.29, 1.82) is 0 Å². The highest BCUT2D eigenvalue weighted by Crippen LogP contribution is 2.14. The van der Waals surface area contributed by atoms with Gasteiger partial charge in [0.25, 0.3) is 0 Å². The van der Waals surface area contributed by atoms with Crippen LogP contribution in [0.1, 0.15) is 245 Å². The molecule has 0 spiro atoms. The van der Waals surface area contributed by atoms with E-state index in [1.54, 1.807) is 0 Å². The van der Waals surface area contributed by atoms with E-state index in [0.29, 0.717) is 19.3 Å². The molecule has 0 heterocycles. The van der Waals surface area contributed by atoms with Crippen molar-refractivity contribution in [3.63, 3.8) is 0 Å². The van der Waals surface area contributed by atoms with Gasteiger partial charge in [0.2, 0.25) is 0 Å². The van der Waals surface area contributed by atoms with Gasteiger partial charge in [-0.15, -0.1) is 0 Å². The summed E-state index contributed by atoms with van der Waals surface area (Å²) in [5, 5.41) is 0. The summed E-state index contributed by atoms with van der Waals surface area (Å²) in [5.74, 6) is -0.923. The molecule has 6 nitrogen and oxygen atoms in total. The Balaban J connectivity index is 4.18. The maximum absolute atomic E-state index is 12.7. The largest absolute Gasteiger partial charge is 0.462 e. The van der Waals surface area contributed by atoms with Crippen LogP contribution in [0.3, 0.4) is 0 Å². The van der Waals surface area contributed by atoms with Gasteiger partial charge in [-0.05, 0) is 96.3 Å². The van der Waals surface area contributed by atoms with Crippen molar-refractivity contribution < 1.29 is 28.6 Å². The molecule has 0 aliphatic rings. The summed E-state index contributed by atoms with van der Waals surface area (Å²) in [6.45, 7) is 6.42.